The summed E-state index contributed by atoms with van der Waals surface area (Å²) >= 11 is 3.57. The Balaban J connectivity index is 0.000000110. The molecule has 0 spiro atoms. The molecule has 2 fully saturated rings. The molecule has 2 aliphatic carbocycles. The first-order valence-electron chi connectivity index (χ1n) is 41.9. The zero-order valence-corrected chi connectivity index (χ0v) is 69.6. The second-order valence-corrected chi connectivity index (χ2v) is 34.9. The molecule has 0 unspecified atom stereocenters. The Morgan fingerprint density at radius 1 is 0.336 bits per heavy atom. The second-order valence-electron chi connectivity index (χ2n) is 31.2. The molecule has 0 amide bonds. The maximum atomic E-state index is 5.81. The van der Waals surface area contributed by atoms with Crippen molar-refractivity contribution in [3.8, 4) is 39.8 Å². The Kier molecular flexibility index (Phi) is 22.1. The molecular formula is C109H93BrN7OP. The number of nitrogens with zero attached hydrogens (tertiary/aromatic N) is 6. The number of benzene rings is 15. The number of rotatable bonds is 14. The number of methoxy groups -OCH3 is 1. The highest BCUT2D eigenvalue weighted by Crippen LogP contribution is 2.57. The van der Waals surface area contributed by atoms with Gasteiger partial charge in [0.25, 0.3) is 0 Å². The summed E-state index contributed by atoms with van der Waals surface area (Å²) in [4.78, 5) is 7.06. The van der Waals surface area contributed by atoms with Crippen molar-refractivity contribution in [3.05, 3.63) is 398 Å². The predicted molar refractivity (Wildman–Crippen MR) is 510 cm³/mol. The molecule has 5 heterocycles. The van der Waals surface area contributed by atoms with E-state index in [0.29, 0.717) is 0 Å². The van der Waals surface area contributed by atoms with Gasteiger partial charge in [0.15, 0.2) is 0 Å². The average Bonchev–Trinajstić information content (AvgIpc) is 1.50. The number of aromatic nitrogens is 5. The molecule has 15 aromatic carbocycles. The molecule has 0 bridgehead atoms. The molecule has 20 aromatic rings. The number of ether oxygens (including phenoxy) is 1. The number of fused-ring (bicyclic) bond motifs is 12. The van der Waals surface area contributed by atoms with Crippen molar-refractivity contribution in [2.75, 3.05) is 17.3 Å². The third-order valence-electron chi connectivity index (χ3n) is 24.0. The van der Waals surface area contributed by atoms with E-state index in [-0.39, 0.29) is 7.92 Å². The summed E-state index contributed by atoms with van der Waals surface area (Å²) in [5.74, 6) is 1.94. The molecule has 8 nitrogen and oxygen atoms in total. The molecular weight excluding hydrogens is 1530 g/mol. The number of anilines is 5. The van der Waals surface area contributed by atoms with Crippen molar-refractivity contribution in [2.24, 2.45) is 0 Å². The zero-order valence-electron chi connectivity index (χ0n) is 67.1. The summed E-state index contributed by atoms with van der Waals surface area (Å²) in [5.41, 5.74) is 24.6. The molecule has 582 valence electrons. The Hall–Kier alpha value is -13.0. The Morgan fingerprint density at radius 3 is 1.24 bits per heavy atom. The maximum Gasteiger partial charge on any atom is 0.137 e. The van der Waals surface area contributed by atoms with Crippen LogP contribution in [0.25, 0.3) is 121 Å². The van der Waals surface area contributed by atoms with Crippen LogP contribution in [-0.4, -0.2) is 41.7 Å². The highest BCUT2D eigenvalue weighted by atomic mass is 79.9. The van der Waals surface area contributed by atoms with Crippen LogP contribution in [0.4, 0.5) is 28.4 Å². The summed E-state index contributed by atoms with van der Waals surface area (Å²) in [6.45, 7) is 2.23. The van der Waals surface area contributed by atoms with Gasteiger partial charge in [-0.05, 0) is 236 Å². The number of halogens is 1. The van der Waals surface area contributed by atoms with E-state index in [1.165, 1.54) is 168 Å². The number of hydrogen-bond acceptors (Lipinski definition) is 4. The number of aryl methyl sites for hydroxylation is 1. The van der Waals surface area contributed by atoms with Crippen LogP contribution in [0.3, 0.4) is 0 Å². The van der Waals surface area contributed by atoms with E-state index >= 15 is 0 Å². The first-order chi connectivity index (χ1) is 58.9. The minimum Gasteiger partial charge on any atom is -0.496 e. The largest absolute Gasteiger partial charge is 0.496 e. The predicted octanol–water partition coefficient (Wildman–Crippen LogP) is 30.3. The van der Waals surface area contributed by atoms with E-state index in [2.05, 4.69) is 397 Å². The van der Waals surface area contributed by atoms with Crippen molar-refractivity contribution in [3.63, 3.8) is 0 Å². The molecule has 0 atom stereocenters. The first kappa shape index (κ1) is 76.0. The molecule has 119 heavy (non-hydrogen) atoms. The fourth-order valence-electron chi connectivity index (χ4n) is 18.7. The van der Waals surface area contributed by atoms with Gasteiger partial charge in [0.2, 0.25) is 0 Å². The molecule has 5 aromatic heterocycles. The van der Waals surface area contributed by atoms with Gasteiger partial charge in [-0.25, -0.2) is 4.98 Å². The molecule has 10 heteroatoms. The first-order valence-corrected chi connectivity index (χ1v) is 44.2. The van der Waals surface area contributed by atoms with Crippen LogP contribution < -0.4 is 20.3 Å². The van der Waals surface area contributed by atoms with E-state index < -0.39 is 0 Å². The van der Waals surface area contributed by atoms with Crippen LogP contribution in [0.1, 0.15) is 69.8 Å². The summed E-state index contributed by atoms with van der Waals surface area (Å²) in [5, 5.41) is 15.1. The van der Waals surface area contributed by atoms with Crippen LogP contribution in [0.2, 0.25) is 0 Å². The lowest BCUT2D eigenvalue weighted by Gasteiger charge is -2.39. The van der Waals surface area contributed by atoms with Crippen molar-refractivity contribution < 1.29 is 4.74 Å². The standard InChI is InChI=1S/C41H28N4.C26H35OP.C24H18N2.C18H12BrN/c1-3-13-29(14-4-1)43(31-22-24-39-35(27-31)33-17-7-9-19-37(33)44(39)30-15-5-2-6-16-30)32-23-25-40-36(28-32)34-18-8-10-20-38(34)45(40)41-21-11-12-26-42-41;1-20-12-11-18-24(27-2)26(20)23-17-9-10-19-25(23)28(21-13-5-3-6-14-21)22-15-7-4-8-16-22;1-3-9-18(10-4-1)25-19-15-16-24-22(17-19)21-13-7-8-14-23(21)26(24)20-11-5-2-6-12-20;19-13-10-11-18-16(12-13)15-8-4-5-9-17(15)20(18)14-6-2-1-3-7-14/h1-28H;9-12,17-19,21-22H,3-8,13-16H2,1-2H3;1-17,25H;1-12H. The van der Waals surface area contributed by atoms with E-state index in [9.17, 15) is 0 Å². The van der Waals surface area contributed by atoms with Crippen molar-refractivity contribution in [1.82, 2.24) is 23.3 Å². The van der Waals surface area contributed by atoms with Gasteiger partial charge in [-0.15, -0.1) is 0 Å². The zero-order chi connectivity index (χ0) is 80.0. The van der Waals surface area contributed by atoms with E-state index in [0.717, 1.165) is 72.5 Å². The molecule has 0 aliphatic heterocycles. The van der Waals surface area contributed by atoms with Crippen LogP contribution >= 0.6 is 23.9 Å². The monoisotopic (exact) mass is 1630 g/mol. The van der Waals surface area contributed by atoms with E-state index in [1.54, 1.807) is 5.30 Å². The van der Waals surface area contributed by atoms with Crippen molar-refractivity contribution >= 4 is 145 Å². The summed E-state index contributed by atoms with van der Waals surface area (Å²) in [6, 6.07) is 136. The number of nitrogens with one attached hydrogen (secondary N) is 1. The lowest BCUT2D eigenvalue weighted by atomic mass is 9.99. The minimum absolute atomic E-state index is 0.122. The number of para-hydroxylation sites is 9. The minimum atomic E-state index is -0.122. The van der Waals surface area contributed by atoms with Gasteiger partial charge in [-0.1, -0.05) is 269 Å². The van der Waals surface area contributed by atoms with E-state index in [4.69, 9.17) is 9.72 Å². The fourth-order valence-corrected chi connectivity index (χ4v) is 23.0. The van der Waals surface area contributed by atoms with Crippen LogP contribution in [0, 0.1) is 6.92 Å². The third-order valence-corrected chi connectivity index (χ3v) is 28.0. The third kappa shape index (κ3) is 15.3. The van der Waals surface area contributed by atoms with Gasteiger partial charge >= 0.3 is 0 Å². The molecule has 1 N–H and O–H groups in total. The fraction of sp³-hybridized carbons (Fsp3) is 0.128. The Bertz CT molecular complexity index is 6760. The quantitative estimate of drug-likeness (QED) is 0.110. The Labute approximate surface area is 705 Å². The SMILES string of the molecule is Brc1ccc2c(c1)c1ccccc1n2-c1ccccc1.COc1cccc(C)c1-c1ccccc1P(C1CCCCC1)C1CCCCC1.c1ccc(N(c2ccc3c(c2)c2ccccc2n3-c2ccccc2)c2ccc3c(c2)c2ccccc2n3-c2ccccn2)cc1.c1ccc(Nc2ccc3c(c2)c2ccccc2n3-c2ccccc2)cc1. The summed E-state index contributed by atoms with van der Waals surface area (Å²) in [6.07, 6.45) is 16.3. The summed E-state index contributed by atoms with van der Waals surface area (Å²) in [7, 11) is 1.69. The topological polar surface area (TPSA) is 57.1 Å². The van der Waals surface area contributed by atoms with Gasteiger partial charge in [0.1, 0.15) is 11.6 Å². The van der Waals surface area contributed by atoms with Gasteiger partial charge < -0.3 is 28.7 Å². The van der Waals surface area contributed by atoms with Crippen molar-refractivity contribution in [2.45, 2.75) is 82.4 Å². The molecule has 2 aliphatic rings. The summed E-state index contributed by atoms with van der Waals surface area (Å²) < 4.78 is 16.2. The van der Waals surface area contributed by atoms with Crippen LogP contribution in [0.5, 0.6) is 5.75 Å². The average molecular weight is 1630 g/mol. The molecule has 22 rings (SSSR count). The number of hydrogen-bond donors (Lipinski definition) is 1. The van der Waals surface area contributed by atoms with Crippen LogP contribution in [-0.2, 0) is 0 Å². The molecule has 2 saturated carbocycles. The maximum absolute atomic E-state index is 5.81. The lowest BCUT2D eigenvalue weighted by molar-refractivity contribution is 0.416. The van der Waals surface area contributed by atoms with Gasteiger partial charge in [0.05, 0.1) is 51.2 Å². The lowest BCUT2D eigenvalue weighted by Crippen LogP contribution is -2.27. The molecule has 0 radical (unpaired) electrons. The van der Waals surface area contributed by atoms with Crippen LogP contribution in [0.15, 0.2) is 393 Å². The van der Waals surface area contributed by atoms with Crippen molar-refractivity contribution in [1.29, 1.82) is 0 Å². The van der Waals surface area contributed by atoms with Gasteiger partial charge in [-0.3, -0.25) is 4.57 Å². The highest BCUT2D eigenvalue weighted by molar-refractivity contribution is 9.10. The number of pyridine rings is 1. The van der Waals surface area contributed by atoms with Gasteiger partial charge in [0, 0.05) is 105 Å². The smallest absolute Gasteiger partial charge is 0.137 e. The van der Waals surface area contributed by atoms with Gasteiger partial charge in [-0.2, -0.15) is 0 Å². The highest BCUT2D eigenvalue weighted by Gasteiger charge is 2.34. The normalized spacial score (nSPS) is 13.2. The molecule has 0 saturated heterocycles. The Morgan fingerprint density at radius 2 is 0.739 bits per heavy atom. The second kappa shape index (κ2) is 34.6. The van der Waals surface area contributed by atoms with E-state index in [1.807, 2.05) is 49.7 Å².